The second-order valence-corrected chi connectivity index (χ2v) is 5.94. The van der Waals surface area contributed by atoms with Crippen LogP contribution in [0.4, 0.5) is 4.39 Å². The van der Waals surface area contributed by atoms with Crippen LogP contribution in [0, 0.1) is 5.82 Å². The lowest BCUT2D eigenvalue weighted by molar-refractivity contribution is 0.291. The summed E-state index contributed by atoms with van der Waals surface area (Å²) in [5, 5.41) is 1.15. The number of hydrogen-bond donors (Lipinski definition) is 1. The van der Waals surface area contributed by atoms with Gasteiger partial charge in [-0.2, -0.15) is 0 Å². The van der Waals surface area contributed by atoms with Crippen molar-refractivity contribution >= 4 is 10.9 Å². The summed E-state index contributed by atoms with van der Waals surface area (Å²) in [6.07, 6.45) is 0. The second-order valence-electron chi connectivity index (χ2n) is 5.94. The summed E-state index contributed by atoms with van der Waals surface area (Å²) in [6.45, 7) is 5.20. The van der Waals surface area contributed by atoms with Gasteiger partial charge in [-0.25, -0.2) is 4.39 Å². The Kier molecular flexibility index (Phi) is 4.35. The molecule has 2 N–H and O–H groups in total. The molecule has 4 heteroatoms. The predicted octanol–water partition coefficient (Wildman–Crippen LogP) is 4.40. The monoisotopic (exact) mass is 312 g/mol. The number of halogens is 1. The highest BCUT2D eigenvalue weighted by Crippen LogP contribution is 2.26. The molecule has 0 spiro atoms. The third-order valence-electron chi connectivity index (χ3n) is 3.92. The molecule has 0 fully saturated rings. The van der Waals surface area contributed by atoms with E-state index in [0.29, 0.717) is 24.9 Å². The van der Waals surface area contributed by atoms with E-state index in [2.05, 4.69) is 42.7 Å². The Morgan fingerprint density at radius 1 is 1.13 bits per heavy atom. The molecule has 1 heterocycles. The maximum atomic E-state index is 13.3. The highest BCUT2D eigenvalue weighted by atomic mass is 19.1. The summed E-state index contributed by atoms with van der Waals surface area (Å²) in [4.78, 5) is 0. The van der Waals surface area contributed by atoms with Gasteiger partial charge in [0.15, 0.2) is 0 Å². The molecule has 3 nitrogen and oxygen atoms in total. The zero-order valence-corrected chi connectivity index (χ0v) is 13.4. The normalized spacial score (nSPS) is 11.3. The molecule has 2 aromatic carbocycles. The molecule has 0 amide bonds. The Morgan fingerprint density at radius 2 is 1.96 bits per heavy atom. The number of nitrogens with two attached hydrogens (primary N) is 1. The van der Waals surface area contributed by atoms with Crippen molar-refractivity contribution in [1.29, 1.82) is 0 Å². The minimum absolute atomic E-state index is 0.292. The first-order valence-electron chi connectivity index (χ1n) is 7.79. The smallest absolute Gasteiger partial charge is 0.128 e. The summed E-state index contributed by atoms with van der Waals surface area (Å²) in [7, 11) is 0. The highest BCUT2D eigenvalue weighted by molar-refractivity contribution is 5.82. The maximum Gasteiger partial charge on any atom is 0.128 e. The molecule has 1 aromatic heterocycles. The molecule has 0 radical (unpaired) electrons. The molecule has 0 aliphatic carbocycles. The first-order chi connectivity index (χ1) is 11.1. The lowest BCUT2D eigenvalue weighted by Crippen LogP contribution is -2.08. The minimum atomic E-state index is -0.292. The Labute approximate surface area is 135 Å². The van der Waals surface area contributed by atoms with Crippen molar-refractivity contribution in [2.75, 3.05) is 0 Å². The van der Waals surface area contributed by atoms with Gasteiger partial charge in [0.1, 0.15) is 18.2 Å². The molecule has 0 atom stereocenters. The highest BCUT2D eigenvalue weighted by Gasteiger charge is 2.12. The summed E-state index contributed by atoms with van der Waals surface area (Å²) in [5.41, 5.74) is 9.06. The van der Waals surface area contributed by atoms with Gasteiger partial charge < -0.3 is 15.0 Å². The van der Waals surface area contributed by atoms with Gasteiger partial charge in [-0.1, -0.05) is 12.1 Å². The van der Waals surface area contributed by atoms with Gasteiger partial charge in [-0.15, -0.1) is 0 Å². The molecule has 0 aliphatic heterocycles. The van der Waals surface area contributed by atoms with E-state index in [9.17, 15) is 4.39 Å². The second kappa shape index (κ2) is 6.42. The van der Waals surface area contributed by atoms with Gasteiger partial charge in [0, 0.05) is 29.6 Å². The zero-order chi connectivity index (χ0) is 16.4. The SMILES string of the molecule is CC(C)n1c(COc2cccc(F)c2)cc2cc(CN)ccc21. The third kappa shape index (κ3) is 3.22. The average molecular weight is 312 g/mol. The summed E-state index contributed by atoms with van der Waals surface area (Å²) in [6, 6.07) is 14.9. The van der Waals surface area contributed by atoms with Crippen molar-refractivity contribution in [3.63, 3.8) is 0 Å². The van der Waals surface area contributed by atoms with Crippen LogP contribution < -0.4 is 10.5 Å². The lowest BCUT2D eigenvalue weighted by atomic mass is 10.1. The fourth-order valence-electron chi connectivity index (χ4n) is 2.90. The van der Waals surface area contributed by atoms with Crippen molar-refractivity contribution in [3.8, 4) is 5.75 Å². The van der Waals surface area contributed by atoms with Crippen LogP contribution in [-0.4, -0.2) is 4.57 Å². The van der Waals surface area contributed by atoms with E-state index < -0.39 is 0 Å². The van der Waals surface area contributed by atoms with E-state index in [0.717, 1.165) is 22.2 Å². The van der Waals surface area contributed by atoms with Crippen LogP contribution in [0.15, 0.2) is 48.5 Å². The summed E-state index contributed by atoms with van der Waals surface area (Å²) < 4.78 is 21.3. The van der Waals surface area contributed by atoms with E-state index in [-0.39, 0.29) is 5.82 Å². The van der Waals surface area contributed by atoms with Crippen molar-refractivity contribution in [2.24, 2.45) is 5.73 Å². The van der Waals surface area contributed by atoms with Crippen LogP contribution in [-0.2, 0) is 13.2 Å². The summed E-state index contributed by atoms with van der Waals surface area (Å²) >= 11 is 0. The Hall–Kier alpha value is -2.33. The first-order valence-corrected chi connectivity index (χ1v) is 7.79. The van der Waals surface area contributed by atoms with Crippen LogP contribution >= 0.6 is 0 Å². The van der Waals surface area contributed by atoms with Gasteiger partial charge in [0.05, 0.1) is 5.69 Å². The van der Waals surface area contributed by atoms with Gasteiger partial charge in [-0.3, -0.25) is 0 Å². The fraction of sp³-hybridized carbons (Fsp3) is 0.263. The van der Waals surface area contributed by atoms with Crippen molar-refractivity contribution in [3.05, 3.63) is 65.6 Å². The molecule has 0 aliphatic rings. The molecule has 0 unspecified atom stereocenters. The Morgan fingerprint density at radius 3 is 2.65 bits per heavy atom. The largest absolute Gasteiger partial charge is 0.487 e. The van der Waals surface area contributed by atoms with Gasteiger partial charge >= 0.3 is 0 Å². The summed E-state index contributed by atoms with van der Waals surface area (Å²) in [5.74, 6) is 0.243. The Bertz CT molecular complexity index is 823. The zero-order valence-electron chi connectivity index (χ0n) is 13.4. The van der Waals surface area contributed by atoms with Gasteiger partial charge in [-0.05, 0) is 49.7 Å². The van der Waals surface area contributed by atoms with Crippen LogP contribution in [0.5, 0.6) is 5.75 Å². The van der Waals surface area contributed by atoms with E-state index in [1.807, 2.05) is 0 Å². The molecular formula is C19H21FN2O. The van der Waals surface area contributed by atoms with E-state index in [1.165, 1.54) is 12.1 Å². The number of fused-ring (bicyclic) bond motifs is 1. The first kappa shape index (κ1) is 15.6. The molecule has 0 bridgehead atoms. The lowest BCUT2D eigenvalue weighted by Gasteiger charge is -2.15. The molecule has 120 valence electrons. The van der Waals surface area contributed by atoms with Crippen molar-refractivity contribution < 1.29 is 9.13 Å². The molecule has 0 saturated carbocycles. The number of aromatic nitrogens is 1. The predicted molar refractivity (Wildman–Crippen MR) is 90.9 cm³/mol. The maximum absolute atomic E-state index is 13.3. The van der Waals surface area contributed by atoms with E-state index in [1.54, 1.807) is 12.1 Å². The number of rotatable bonds is 5. The van der Waals surface area contributed by atoms with E-state index in [4.69, 9.17) is 10.5 Å². The Balaban J connectivity index is 1.94. The van der Waals surface area contributed by atoms with Crippen LogP contribution in [0.1, 0.15) is 31.1 Å². The number of benzene rings is 2. The fourth-order valence-corrected chi connectivity index (χ4v) is 2.90. The number of ether oxygens (including phenoxy) is 1. The standard InChI is InChI=1S/C19H21FN2O/c1-13(2)22-17(12-23-18-5-3-4-16(20)10-18)9-15-8-14(11-21)6-7-19(15)22/h3-10,13H,11-12,21H2,1-2H3. The topological polar surface area (TPSA) is 40.2 Å². The number of hydrogen-bond acceptors (Lipinski definition) is 2. The molecule has 3 rings (SSSR count). The minimum Gasteiger partial charge on any atom is -0.487 e. The van der Waals surface area contributed by atoms with Gasteiger partial charge in [0.25, 0.3) is 0 Å². The third-order valence-corrected chi connectivity index (χ3v) is 3.92. The quantitative estimate of drug-likeness (QED) is 0.758. The van der Waals surface area contributed by atoms with Crippen LogP contribution in [0.25, 0.3) is 10.9 Å². The van der Waals surface area contributed by atoms with Crippen molar-refractivity contribution in [2.45, 2.75) is 33.0 Å². The molecular weight excluding hydrogens is 291 g/mol. The van der Waals surface area contributed by atoms with Gasteiger partial charge in [0.2, 0.25) is 0 Å². The number of nitrogens with zero attached hydrogens (tertiary/aromatic N) is 1. The molecule has 0 saturated heterocycles. The van der Waals surface area contributed by atoms with Crippen LogP contribution in [0.3, 0.4) is 0 Å². The van der Waals surface area contributed by atoms with Crippen LogP contribution in [0.2, 0.25) is 0 Å². The average Bonchev–Trinajstić information content (AvgIpc) is 2.90. The molecule has 23 heavy (non-hydrogen) atoms. The molecule has 3 aromatic rings. The van der Waals surface area contributed by atoms with Crippen molar-refractivity contribution in [1.82, 2.24) is 4.57 Å². The van der Waals surface area contributed by atoms with E-state index >= 15 is 0 Å².